The van der Waals surface area contributed by atoms with Crippen molar-refractivity contribution in [1.82, 2.24) is 0 Å². The van der Waals surface area contributed by atoms with Crippen molar-refractivity contribution in [2.24, 2.45) is 0 Å². The second-order valence-corrected chi connectivity index (χ2v) is 3.30. The Hall–Kier alpha value is 0.130. The van der Waals surface area contributed by atoms with Gasteiger partial charge < -0.3 is 9.26 Å². The van der Waals surface area contributed by atoms with E-state index in [1.807, 2.05) is 22.9 Å². The first kappa shape index (κ1) is 9.22. The molecule has 0 aliphatic rings. The van der Waals surface area contributed by atoms with E-state index in [0.29, 0.717) is 15.7 Å². The van der Waals surface area contributed by atoms with Crippen molar-refractivity contribution in [1.29, 1.82) is 0 Å². The molecule has 0 saturated heterocycles. The summed E-state index contributed by atoms with van der Waals surface area (Å²) in [6.45, 7) is 0. The molecule has 1 rings (SSSR count). The number of hydrogen-bond donors (Lipinski definition) is 2. The van der Waals surface area contributed by atoms with Crippen LogP contribution in [0.4, 0.5) is 11.4 Å². The van der Waals surface area contributed by atoms with Crippen LogP contribution < -0.4 is 9.26 Å². The van der Waals surface area contributed by atoms with Gasteiger partial charge in [-0.15, -0.1) is 0 Å². The van der Waals surface area contributed by atoms with Gasteiger partial charge in [0.15, 0.2) is 0 Å². The van der Waals surface area contributed by atoms with E-state index >= 15 is 0 Å². The molecule has 0 atom stereocenters. The highest BCUT2D eigenvalue weighted by molar-refractivity contribution is 14.1. The van der Waals surface area contributed by atoms with Crippen LogP contribution in [0, 0.1) is 0 Å². The van der Waals surface area contributed by atoms with Gasteiger partial charge in [0.05, 0.1) is 44.3 Å². The second-order valence-electron chi connectivity index (χ2n) is 1.95. The van der Waals surface area contributed by atoms with E-state index in [0.717, 1.165) is 5.69 Å². The Kier molecular flexibility index (Phi) is 3.09. The van der Waals surface area contributed by atoms with Crippen LogP contribution in [0.1, 0.15) is 0 Å². The Bertz CT molecular complexity index is 278. The maximum absolute atomic E-state index is 5.73. The van der Waals surface area contributed by atoms with Gasteiger partial charge in [-0.05, 0) is 12.1 Å². The lowest BCUT2D eigenvalue weighted by molar-refractivity contribution is 1.67. The number of benzene rings is 1. The first-order chi connectivity index (χ1) is 5.15. The molecule has 0 aromatic heterocycles. The van der Waals surface area contributed by atoms with Crippen molar-refractivity contribution < 1.29 is 0 Å². The molecule has 0 fully saturated rings. The Morgan fingerprint density at radius 3 is 2.36 bits per heavy atom. The van der Waals surface area contributed by atoms with E-state index in [1.54, 1.807) is 12.1 Å². The van der Waals surface area contributed by atoms with E-state index in [-0.39, 0.29) is 0 Å². The molecule has 1 aromatic rings. The van der Waals surface area contributed by atoms with Crippen LogP contribution in [0.2, 0.25) is 10.0 Å². The summed E-state index contributed by atoms with van der Waals surface area (Å²) in [5, 5.41) is 0.972. The van der Waals surface area contributed by atoms with Crippen molar-refractivity contribution in [2.45, 2.75) is 0 Å². The molecule has 60 valence electrons. The fourth-order valence-corrected chi connectivity index (χ4v) is 1.45. The quantitative estimate of drug-likeness (QED) is 0.474. The molecule has 11 heavy (non-hydrogen) atoms. The summed E-state index contributed by atoms with van der Waals surface area (Å²) < 4.78 is 2.87. The minimum Gasteiger partial charge on any atom is -0.397 e. The predicted octanol–water partition coefficient (Wildman–Crippen LogP) is 3.34. The minimum absolute atomic E-state index is 0.472. The van der Waals surface area contributed by atoms with Gasteiger partial charge in [-0.3, -0.25) is 0 Å². The van der Waals surface area contributed by atoms with Gasteiger partial charge in [0.1, 0.15) is 0 Å². The van der Waals surface area contributed by atoms with Crippen LogP contribution in [0.5, 0.6) is 0 Å². The van der Waals surface area contributed by atoms with Gasteiger partial charge in [-0.2, -0.15) is 0 Å². The molecule has 5 heteroatoms. The largest absolute Gasteiger partial charge is 0.397 e. The number of hydrogen-bond acceptors (Lipinski definition) is 2. The van der Waals surface area contributed by atoms with Crippen LogP contribution >= 0.6 is 46.1 Å². The lowest BCUT2D eigenvalue weighted by Gasteiger charge is -2.04. The molecule has 0 aliphatic carbocycles. The van der Waals surface area contributed by atoms with Gasteiger partial charge in [0, 0.05) is 0 Å². The first-order valence-corrected chi connectivity index (χ1v) is 4.60. The van der Waals surface area contributed by atoms with Crippen LogP contribution in [-0.4, -0.2) is 0 Å². The van der Waals surface area contributed by atoms with Crippen molar-refractivity contribution in [3.63, 3.8) is 0 Å². The third kappa shape index (κ3) is 2.04. The molecule has 2 nitrogen and oxygen atoms in total. The van der Waals surface area contributed by atoms with E-state index in [9.17, 15) is 0 Å². The first-order valence-electron chi connectivity index (χ1n) is 2.76. The highest BCUT2D eigenvalue weighted by atomic mass is 127. The molecule has 0 unspecified atom stereocenters. The fourth-order valence-electron chi connectivity index (χ4n) is 0.644. The van der Waals surface area contributed by atoms with E-state index in [2.05, 4.69) is 3.53 Å². The summed E-state index contributed by atoms with van der Waals surface area (Å²) in [7, 11) is 0. The average Bonchev–Trinajstić information content (AvgIpc) is 1.97. The van der Waals surface area contributed by atoms with Gasteiger partial charge in [-0.1, -0.05) is 23.2 Å². The van der Waals surface area contributed by atoms with Crippen LogP contribution in [-0.2, 0) is 0 Å². The van der Waals surface area contributed by atoms with E-state index in [1.165, 1.54) is 0 Å². The normalized spacial score (nSPS) is 9.73. The zero-order chi connectivity index (χ0) is 8.43. The van der Waals surface area contributed by atoms with Crippen LogP contribution in [0.3, 0.4) is 0 Å². The summed E-state index contributed by atoms with van der Waals surface area (Å²) in [4.78, 5) is 0. The lowest BCUT2D eigenvalue weighted by atomic mass is 10.3. The highest BCUT2D eigenvalue weighted by Gasteiger charge is 2.02. The molecule has 0 radical (unpaired) electrons. The third-order valence-electron chi connectivity index (χ3n) is 1.19. The fraction of sp³-hybridized carbons (Fsp3) is 0. The summed E-state index contributed by atoms with van der Waals surface area (Å²) in [5.74, 6) is 0. The zero-order valence-electron chi connectivity index (χ0n) is 5.37. The molecule has 0 bridgehead atoms. The summed E-state index contributed by atoms with van der Waals surface area (Å²) >= 11 is 13.4. The Balaban J connectivity index is 3.21. The standard InChI is InChI=1S/C6H5Cl2IN2/c7-3-1-5(10)6(11-9)2-4(3)8/h1-2,11H,10H2. The maximum Gasteiger partial charge on any atom is 0.0676 e. The lowest BCUT2D eigenvalue weighted by Crippen LogP contribution is -1.90. The number of nitrogen functional groups attached to an aromatic ring is 1. The molecule has 0 amide bonds. The van der Waals surface area contributed by atoms with Crippen molar-refractivity contribution in [3.8, 4) is 0 Å². The molecule has 0 heterocycles. The number of rotatable bonds is 1. The predicted molar refractivity (Wildman–Crippen MR) is 58.5 cm³/mol. The molecule has 0 aliphatic heterocycles. The maximum atomic E-state index is 5.73. The number of nitrogens with two attached hydrogens (primary N) is 1. The molecule has 3 N–H and O–H groups in total. The number of halogens is 3. The van der Waals surface area contributed by atoms with E-state index in [4.69, 9.17) is 28.9 Å². The van der Waals surface area contributed by atoms with Gasteiger partial charge >= 0.3 is 0 Å². The molecule has 0 saturated carbocycles. The SMILES string of the molecule is Nc1cc(Cl)c(Cl)cc1NI. The Labute approximate surface area is 88.5 Å². The monoisotopic (exact) mass is 302 g/mol. The van der Waals surface area contributed by atoms with Gasteiger partial charge in [-0.25, -0.2) is 0 Å². The summed E-state index contributed by atoms with van der Waals surface area (Å²) in [5.41, 5.74) is 6.96. The minimum atomic E-state index is 0.472. The summed E-state index contributed by atoms with van der Waals surface area (Å²) in [6, 6.07) is 3.30. The molecule has 0 spiro atoms. The Morgan fingerprint density at radius 1 is 1.27 bits per heavy atom. The average molecular weight is 303 g/mol. The third-order valence-corrected chi connectivity index (χ3v) is 2.50. The van der Waals surface area contributed by atoms with Crippen molar-refractivity contribution in [2.75, 3.05) is 9.26 Å². The van der Waals surface area contributed by atoms with Crippen LogP contribution in [0.25, 0.3) is 0 Å². The van der Waals surface area contributed by atoms with Crippen molar-refractivity contribution >= 4 is 57.4 Å². The van der Waals surface area contributed by atoms with E-state index < -0.39 is 0 Å². The second kappa shape index (κ2) is 3.69. The molecular weight excluding hydrogens is 298 g/mol. The summed E-state index contributed by atoms with van der Waals surface area (Å²) in [6.07, 6.45) is 0. The van der Waals surface area contributed by atoms with Crippen molar-refractivity contribution in [3.05, 3.63) is 22.2 Å². The topological polar surface area (TPSA) is 38.0 Å². The van der Waals surface area contributed by atoms with Crippen LogP contribution in [0.15, 0.2) is 12.1 Å². The smallest absolute Gasteiger partial charge is 0.0676 e. The Morgan fingerprint density at radius 2 is 1.82 bits per heavy atom. The highest BCUT2D eigenvalue weighted by Crippen LogP contribution is 2.31. The van der Waals surface area contributed by atoms with Gasteiger partial charge in [0.25, 0.3) is 0 Å². The number of nitrogens with one attached hydrogen (secondary N) is 1. The number of anilines is 2. The molecular formula is C6H5Cl2IN2. The zero-order valence-corrected chi connectivity index (χ0v) is 9.04. The molecule has 1 aromatic carbocycles. The van der Waals surface area contributed by atoms with Gasteiger partial charge in [0.2, 0.25) is 0 Å².